The van der Waals surface area contributed by atoms with E-state index < -0.39 is 0 Å². The Hall–Kier alpha value is -2.58. The van der Waals surface area contributed by atoms with Gasteiger partial charge < -0.3 is 20.2 Å². The Kier molecular flexibility index (Phi) is 5.12. The zero-order valence-electron chi connectivity index (χ0n) is 17.5. The maximum atomic E-state index is 12.7. The molecule has 30 heavy (non-hydrogen) atoms. The number of rotatable bonds is 5. The van der Waals surface area contributed by atoms with Crippen LogP contribution < -0.4 is 15.5 Å². The fourth-order valence-electron chi connectivity index (χ4n) is 4.66. The van der Waals surface area contributed by atoms with Gasteiger partial charge in [0, 0.05) is 44.2 Å². The summed E-state index contributed by atoms with van der Waals surface area (Å²) in [5.74, 6) is 2.60. The third-order valence-electron chi connectivity index (χ3n) is 6.72. The van der Waals surface area contributed by atoms with Gasteiger partial charge in [0.25, 0.3) is 5.91 Å². The fraction of sp³-hybridized carbons (Fsp3) is 0.545. The zero-order chi connectivity index (χ0) is 20.7. The maximum Gasteiger partial charge on any atom is 0.273 e. The van der Waals surface area contributed by atoms with Crippen LogP contribution in [-0.4, -0.2) is 66.1 Å². The normalized spacial score (nSPS) is 23.8. The number of carbonyl (C=O) groups is 1. The van der Waals surface area contributed by atoms with Crippen LogP contribution in [-0.2, 0) is 4.74 Å². The summed E-state index contributed by atoms with van der Waals surface area (Å²) in [7, 11) is 1.69. The number of nitrogens with zero attached hydrogens (tertiary/aromatic N) is 3. The average molecular weight is 412 g/mol. The fourth-order valence-corrected chi connectivity index (χ4v) is 4.66. The highest BCUT2D eigenvalue weighted by molar-refractivity contribution is 5.93. The minimum Gasteiger partial charge on any atom is -0.497 e. The second kappa shape index (κ2) is 7.92. The van der Waals surface area contributed by atoms with E-state index in [1.807, 2.05) is 16.8 Å². The summed E-state index contributed by atoms with van der Waals surface area (Å²) in [6.45, 7) is 5.62. The Morgan fingerprint density at radius 1 is 1.17 bits per heavy atom. The zero-order valence-corrected chi connectivity index (χ0v) is 17.5. The molecule has 160 valence electrons. The monoisotopic (exact) mass is 411 g/mol. The van der Waals surface area contributed by atoms with Crippen LogP contribution in [0, 0.1) is 0 Å². The lowest BCUT2D eigenvalue weighted by atomic mass is 9.89. The quantitative estimate of drug-likeness (QED) is 0.782. The van der Waals surface area contributed by atoms with E-state index in [1.165, 1.54) is 5.56 Å². The SMILES string of the molecule is COc1ccc(C2CN([C@H](C)C3NC(=O)c4cnc(C5CCOCC5)n4N3)C2)cc1. The summed E-state index contributed by atoms with van der Waals surface area (Å²) in [5.41, 5.74) is 5.43. The van der Waals surface area contributed by atoms with Crippen LogP contribution in [0.3, 0.4) is 0 Å². The van der Waals surface area contributed by atoms with Crippen molar-refractivity contribution < 1.29 is 14.3 Å². The Morgan fingerprint density at radius 2 is 1.90 bits per heavy atom. The minimum atomic E-state index is -0.158. The summed E-state index contributed by atoms with van der Waals surface area (Å²) in [5, 5.41) is 3.11. The molecule has 4 heterocycles. The molecule has 1 aromatic heterocycles. The number of amides is 1. The largest absolute Gasteiger partial charge is 0.497 e. The summed E-state index contributed by atoms with van der Waals surface area (Å²) in [6, 6.07) is 8.49. The summed E-state index contributed by atoms with van der Waals surface area (Å²) < 4.78 is 12.6. The molecule has 0 radical (unpaired) electrons. The number of ether oxygens (including phenoxy) is 2. The van der Waals surface area contributed by atoms with Gasteiger partial charge in [-0.2, -0.15) is 0 Å². The molecule has 0 spiro atoms. The average Bonchev–Trinajstić information content (AvgIpc) is 3.18. The van der Waals surface area contributed by atoms with Crippen LogP contribution in [0.1, 0.15) is 53.5 Å². The van der Waals surface area contributed by atoms with Gasteiger partial charge in [0.1, 0.15) is 23.4 Å². The Balaban J connectivity index is 1.25. The van der Waals surface area contributed by atoms with Gasteiger partial charge in [-0.15, -0.1) is 0 Å². The molecular weight excluding hydrogens is 382 g/mol. The molecule has 0 bridgehead atoms. The van der Waals surface area contributed by atoms with Gasteiger partial charge in [0.05, 0.1) is 13.3 Å². The second-order valence-corrected chi connectivity index (χ2v) is 8.47. The molecule has 8 heteroatoms. The highest BCUT2D eigenvalue weighted by Crippen LogP contribution is 2.31. The molecule has 2 N–H and O–H groups in total. The third-order valence-corrected chi connectivity index (χ3v) is 6.72. The number of hydrogen-bond acceptors (Lipinski definition) is 6. The van der Waals surface area contributed by atoms with Crippen LogP contribution in [0.25, 0.3) is 0 Å². The molecule has 0 saturated carbocycles. The van der Waals surface area contributed by atoms with Gasteiger partial charge in [-0.05, 0) is 37.5 Å². The van der Waals surface area contributed by atoms with Gasteiger partial charge >= 0.3 is 0 Å². The van der Waals surface area contributed by atoms with E-state index in [0.29, 0.717) is 17.5 Å². The lowest BCUT2D eigenvalue weighted by Crippen LogP contribution is -2.63. The first kappa shape index (κ1) is 19.4. The molecule has 2 fully saturated rings. The molecule has 1 amide bonds. The van der Waals surface area contributed by atoms with Crippen molar-refractivity contribution in [2.45, 2.75) is 43.8 Å². The lowest BCUT2D eigenvalue weighted by Gasteiger charge is -2.47. The van der Waals surface area contributed by atoms with Crippen molar-refractivity contribution in [3.05, 3.63) is 47.5 Å². The number of likely N-dealkylation sites (tertiary alicyclic amines) is 1. The Bertz CT molecular complexity index is 900. The van der Waals surface area contributed by atoms with E-state index >= 15 is 0 Å². The lowest BCUT2D eigenvalue weighted by molar-refractivity contribution is 0.0666. The minimum absolute atomic E-state index is 0.0661. The van der Waals surface area contributed by atoms with E-state index in [4.69, 9.17) is 9.47 Å². The standard InChI is InChI=1S/C22H29N5O3/c1-14(26-12-17(13-26)15-3-5-18(29-2)6-4-15)20-24-22(28)19-11-23-21(27(19)25-20)16-7-9-30-10-8-16/h3-6,11,14,16-17,20,25H,7-10,12-13H2,1-2H3,(H,24,28)/t14-,20?/m1/s1. The second-order valence-electron chi connectivity index (χ2n) is 8.47. The molecule has 3 aliphatic heterocycles. The number of benzene rings is 1. The van der Waals surface area contributed by atoms with Gasteiger partial charge in [-0.1, -0.05) is 12.1 Å². The number of carbonyl (C=O) groups excluding carboxylic acids is 1. The third kappa shape index (κ3) is 3.44. The first-order valence-electron chi connectivity index (χ1n) is 10.7. The van der Waals surface area contributed by atoms with Crippen molar-refractivity contribution in [1.29, 1.82) is 0 Å². The maximum absolute atomic E-state index is 12.7. The predicted octanol–water partition coefficient (Wildman–Crippen LogP) is 1.89. The van der Waals surface area contributed by atoms with Gasteiger partial charge in [0.15, 0.2) is 0 Å². The molecule has 2 atom stereocenters. The van der Waals surface area contributed by atoms with E-state index in [2.05, 4.69) is 39.7 Å². The van der Waals surface area contributed by atoms with Crippen molar-refractivity contribution in [3.8, 4) is 5.75 Å². The van der Waals surface area contributed by atoms with Crippen LogP contribution in [0.15, 0.2) is 30.5 Å². The highest BCUT2D eigenvalue weighted by Gasteiger charge is 2.38. The summed E-state index contributed by atoms with van der Waals surface area (Å²) in [4.78, 5) is 19.7. The van der Waals surface area contributed by atoms with Gasteiger partial charge in [0.2, 0.25) is 0 Å². The van der Waals surface area contributed by atoms with Crippen molar-refractivity contribution in [2.24, 2.45) is 0 Å². The first-order chi connectivity index (χ1) is 14.6. The van der Waals surface area contributed by atoms with E-state index in [0.717, 1.165) is 50.7 Å². The molecule has 0 aliphatic carbocycles. The van der Waals surface area contributed by atoms with Crippen molar-refractivity contribution >= 4 is 5.91 Å². The van der Waals surface area contributed by atoms with Gasteiger partial charge in [-0.3, -0.25) is 9.69 Å². The number of methoxy groups -OCH3 is 1. The van der Waals surface area contributed by atoms with Crippen molar-refractivity contribution in [2.75, 3.05) is 38.8 Å². The molecule has 2 aromatic rings. The van der Waals surface area contributed by atoms with Crippen LogP contribution in [0.5, 0.6) is 5.75 Å². The summed E-state index contributed by atoms with van der Waals surface area (Å²) in [6.07, 6.45) is 3.40. The Labute approximate surface area is 176 Å². The molecule has 2 saturated heterocycles. The number of fused-ring (bicyclic) bond motifs is 1. The molecule has 5 rings (SSSR count). The van der Waals surface area contributed by atoms with E-state index in [9.17, 15) is 4.79 Å². The van der Waals surface area contributed by atoms with Crippen LogP contribution >= 0.6 is 0 Å². The predicted molar refractivity (Wildman–Crippen MR) is 112 cm³/mol. The highest BCUT2D eigenvalue weighted by atomic mass is 16.5. The number of hydrogen-bond donors (Lipinski definition) is 2. The number of nitrogens with one attached hydrogen (secondary N) is 2. The smallest absolute Gasteiger partial charge is 0.273 e. The summed E-state index contributed by atoms with van der Waals surface area (Å²) >= 11 is 0. The first-order valence-corrected chi connectivity index (χ1v) is 10.7. The molecule has 1 unspecified atom stereocenters. The van der Waals surface area contributed by atoms with E-state index in [-0.39, 0.29) is 18.1 Å². The topological polar surface area (TPSA) is 80.7 Å². The molecule has 3 aliphatic rings. The van der Waals surface area contributed by atoms with Gasteiger partial charge in [-0.25, -0.2) is 9.66 Å². The Morgan fingerprint density at radius 3 is 2.60 bits per heavy atom. The number of imidazole rings is 1. The van der Waals surface area contributed by atoms with Crippen molar-refractivity contribution in [3.63, 3.8) is 0 Å². The van der Waals surface area contributed by atoms with Crippen molar-refractivity contribution in [1.82, 2.24) is 19.9 Å². The van der Waals surface area contributed by atoms with Crippen LogP contribution in [0.4, 0.5) is 0 Å². The number of aromatic nitrogens is 2. The molecule has 8 nitrogen and oxygen atoms in total. The van der Waals surface area contributed by atoms with Crippen LogP contribution in [0.2, 0.25) is 0 Å². The molecular formula is C22H29N5O3. The molecule has 1 aromatic carbocycles. The van der Waals surface area contributed by atoms with E-state index in [1.54, 1.807) is 13.3 Å².